The van der Waals surface area contributed by atoms with Crippen molar-refractivity contribution in [3.63, 3.8) is 0 Å². The Hall–Kier alpha value is -2.41. The number of aromatic amines is 1. The van der Waals surface area contributed by atoms with Gasteiger partial charge in [-0.2, -0.15) is 5.10 Å². The second-order valence-corrected chi connectivity index (χ2v) is 5.11. The summed E-state index contributed by atoms with van der Waals surface area (Å²) in [6.07, 6.45) is 4.11. The minimum absolute atomic E-state index is 0.165. The number of ether oxygens (including phenoxy) is 2. The van der Waals surface area contributed by atoms with E-state index in [0.717, 1.165) is 24.3 Å². The van der Waals surface area contributed by atoms with Crippen LogP contribution in [-0.2, 0) is 11.3 Å². The minimum atomic E-state index is -0.165. The smallest absolute Gasteiger partial charge is 0.255 e. The standard InChI is InChI=1S/C15H18N4O3/c1-21-15-10(3-2-5-16-15)7-17-14(20)12-8-18-19-13(12)11-4-6-22-9-11/h2-3,5,8,11H,4,6-7,9H2,1H3,(H,17,20)(H,18,19)/t11-/m1/s1. The number of H-pyrrole nitrogens is 1. The zero-order valence-corrected chi connectivity index (χ0v) is 12.3. The van der Waals surface area contributed by atoms with Crippen molar-refractivity contribution in [1.29, 1.82) is 0 Å². The van der Waals surface area contributed by atoms with Crippen molar-refractivity contribution in [3.05, 3.63) is 41.3 Å². The number of methoxy groups -OCH3 is 1. The van der Waals surface area contributed by atoms with Crippen LogP contribution >= 0.6 is 0 Å². The van der Waals surface area contributed by atoms with E-state index in [2.05, 4.69) is 20.5 Å². The second kappa shape index (κ2) is 6.57. The third kappa shape index (κ3) is 2.94. The third-order valence-electron chi connectivity index (χ3n) is 3.73. The number of nitrogens with one attached hydrogen (secondary N) is 2. The minimum Gasteiger partial charge on any atom is -0.481 e. The summed E-state index contributed by atoms with van der Waals surface area (Å²) in [5, 5.41) is 9.80. The Morgan fingerprint density at radius 3 is 3.27 bits per heavy atom. The average molecular weight is 302 g/mol. The molecule has 0 unspecified atom stereocenters. The molecular weight excluding hydrogens is 284 g/mol. The van der Waals surface area contributed by atoms with Crippen molar-refractivity contribution in [1.82, 2.24) is 20.5 Å². The lowest BCUT2D eigenvalue weighted by molar-refractivity contribution is 0.0949. The summed E-state index contributed by atoms with van der Waals surface area (Å²) in [7, 11) is 1.56. The molecule has 1 aliphatic heterocycles. The molecule has 0 aliphatic carbocycles. The average Bonchev–Trinajstić information content (AvgIpc) is 3.23. The maximum Gasteiger partial charge on any atom is 0.255 e. The highest BCUT2D eigenvalue weighted by Crippen LogP contribution is 2.26. The van der Waals surface area contributed by atoms with Crippen molar-refractivity contribution in [2.45, 2.75) is 18.9 Å². The molecule has 2 N–H and O–H groups in total. The summed E-state index contributed by atoms with van der Waals surface area (Å²) in [6, 6.07) is 3.68. The summed E-state index contributed by atoms with van der Waals surface area (Å²) in [6.45, 7) is 1.69. The predicted octanol–water partition coefficient (Wildman–Crippen LogP) is 1.25. The normalized spacial score (nSPS) is 17.4. The Labute approximate surface area is 128 Å². The van der Waals surface area contributed by atoms with Crippen LogP contribution in [0.15, 0.2) is 24.5 Å². The van der Waals surface area contributed by atoms with Gasteiger partial charge in [-0.3, -0.25) is 9.89 Å². The van der Waals surface area contributed by atoms with Gasteiger partial charge < -0.3 is 14.8 Å². The van der Waals surface area contributed by atoms with Gasteiger partial charge in [-0.05, 0) is 12.5 Å². The maximum atomic E-state index is 12.4. The van der Waals surface area contributed by atoms with Crippen LogP contribution in [0.1, 0.15) is 34.0 Å². The fourth-order valence-electron chi connectivity index (χ4n) is 2.56. The van der Waals surface area contributed by atoms with Crippen LogP contribution in [-0.4, -0.2) is 41.4 Å². The maximum absolute atomic E-state index is 12.4. The van der Waals surface area contributed by atoms with E-state index in [9.17, 15) is 4.79 Å². The summed E-state index contributed by atoms with van der Waals surface area (Å²) in [5.74, 6) is 0.553. The number of amides is 1. The van der Waals surface area contributed by atoms with Crippen molar-refractivity contribution in [2.75, 3.05) is 20.3 Å². The number of hydrogen-bond acceptors (Lipinski definition) is 5. The van der Waals surface area contributed by atoms with Crippen LogP contribution in [0.4, 0.5) is 0 Å². The van der Waals surface area contributed by atoms with Crippen LogP contribution in [0.2, 0.25) is 0 Å². The van der Waals surface area contributed by atoms with Crippen molar-refractivity contribution >= 4 is 5.91 Å². The Morgan fingerprint density at radius 2 is 2.50 bits per heavy atom. The molecule has 7 heteroatoms. The molecule has 0 saturated carbocycles. The zero-order chi connectivity index (χ0) is 15.4. The van der Waals surface area contributed by atoms with Gasteiger partial charge in [0.15, 0.2) is 0 Å². The molecule has 2 aromatic heterocycles. The van der Waals surface area contributed by atoms with E-state index < -0.39 is 0 Å². The molecule has 0 aromatic carbocycles. The molecule has 116 valence electrons. The van der Waals surface area contributed by atoms with E-state index in [1.807, 2.05) is 12.1 Å². The quantitative estimate of drug-likeness (QED) is 0.867. The van der Waals surface area contributed by atoms with Gasteiger partial charge in [0, 0.05) is 30.8 Å². The molecule has 7 nitrogen and oxygen atoms in total. The van der Waals surface area contributed by atoms with E-state index >= 15 is 0 Å². The molecule has 1 atom stereocenters. The van der Waals surface area contributed by atoms with Gasteiger partial charge in [-0.15, -0.1) is 0 Å². The van der Waals surface area contributed by atoms with E-state index in [0.29, 0.717) is 24.6 Å². The molecule has 0 radical (unpaired) electrons. The number of nitrogens with zero attached hydrogens (tertiary/aromatic N) is 2. The first kappa shape index (κ1) is 14.5. The fraction of sp³-hybridized carbons (Fsp3) is 0.400. The van der Waals surface area contributed by atoms with Gasteiger partial charge in [0.05, 0.1) is 31.2 Å². The van der Waals surface area contributed by atoms with Crippen LogP contribution in [0.5, 0.6) is 5.88 Å². The molecule has 1 aliphatic rings. The number of hydrogen-bond donors (Lipinski definition) is 2. The number of carbonyl (C=O) groups is 1. The fourth-order valence-corrected chi connectivity index (χ4v) is 2.56. The van der Waals surface area contributed by atoms with Crippen molar-refractivity contribution < 1.29 is 14.3 Å². The zero-order valence-electron chi connectivity index (χ0n) is 12.3. The first-order valence-corrected chi connectivity index (χ1v) is 7.16. The Balaban J connectivity index is 1.69. The van der Waals surface area contributed by atoms with Crippen LogP contribution in [0, 0.1) is 0 Å². The highest BCUT2D eigenvalue weighted by atomic mass is 16.5. The van der Waals surface area contributed by atoms with Gasteiger partial charge in [0.25, 0.3) is 5.91 Å². The topological polar surface area (TPSA) is 89.1 Å². The summed E-state index contributed by atoms with van der Waals surface area (Å²) in [4.78, 5) is 16.5. The van der Waals surface area contributed by atoms with Crippen LogP contribution < -0.4 is 10.1 Å². The molecule has 2 aromatic rings. The van der Waals surface area contributed by atoms with E-state index in [4.69, 9.17) is 9.47 Å². The summed E-state index contributed by atoms with van der Waals surface area (Å²) < 4.78 is 10.5. The molecule has 1 fully saturated rings. The lowest BCUT2D eigenvalue weighted by Crippen LogP contribution is -2.24. The molecule has 3 heterocycles. The Morgan fingerprint density at radius 1 is 1.59 bits per heavy atom. The SMILES string of the molecule is COc1ncccc1CNC(=O)c1cn[nH]c1[C@@H]1CCOC1. The Kier molecular flexibility index (Phi) is 4.34. The molecule has 1 saturated heterocycles. The highest BCUT2D eigenvalue weighted by Gasteiger charge is 2.25. The van der Waals surface area contributed by atoms with E-state index in [-0.39, 0.29) is 11.8 Å². The Bertz CT molecular complexity index is 650. The van der Waals surface area contributed by atoms with Crippen LogP contribution in [0.25, 0.3) is 0 Å². The molecule has 1 amide bonds. The molecule has 3 rings (SSSR count). The highest BCUT2D eigenvalue weighted by molar-refractivity contribution is 5.95. The van der Waals surface area contributed by atoms with E-state index in [1.165, 1.54) is 0 Å². The van der Waals surface area contributed by atoms with E-state index in [1.54, 1.807) is 19.5 Å². The summed E-state index contributed by atoms with van der Waals surface area (Å²) >= 11 is 0. The molecule has 0 bridgehead atoms. The lowest BCUT2D eigenvalue weighted by atomic mass is 10.0. The largest absolute Gasteiger partial charge is 0.481 e. The van der Waals surface area contributed by atoms with Crippen molar-refractivity contribution in [3.8, 4) is 5.88 Å². The first-order chi connectivity index (χ1) is 10.8. The second-order valence-electron chi connectivity index (χ2n) is 5.11. The number of pyridine rings is 1. The molecule has 0 spiro atoms. The molecular formula is C15H18N4O3. The predicted molar refractivity (Wildman–Crippen MR) is 78.7 cm³/mol. The van der Waals surface area contributed by atoms with Gasteiger partial charge in [-0.25, -0.2) is 4.98 Å². The van der Waals surface area contributed by atoms with Crippen molar-refractivity contribution in [2.24, 2.45) is 0 Å². The monoisotopic (exact) mass is 302 g/mol. The number of aromatic nitrogens is 3. The third-order valence-corrected chi connectivity index (χ3v) is 3.73. The van der Waals surface area contributed by atoms with Crippen LogP contribution in [0.3, 0.4) is 0 Å². The van der Waals surface area contributed by atoms with Gasteiger partial charge >= 0.3 is 0 Å². The lowest BCUT2D eigenvalue weighted by Gasteiger charge is -2.10. The van der Waals surface area contributed by atoms with Gasteiger partial charge in [-0.1, -0.05) is 6.07 Å². The number of rotatable bonds is 5. The van der Waals surface area contributed by atoms with Gasteiger partial charge in [0.2, 0.25) is 5.88 Å². The number of carbonyl (C=O) groups excluding carboxylic acids is 1. The van der Waals surface area contributed by atoms with Gasteiger partial charge in [0.1, 0.15) is 0 Å². The first-order valence-electron chi connectivity index (χ1n) is 7.16. The summed E-state index contributed by atoms with van der Waals surface area (Å²) in [5.41, 5.74) is 2.24. The molecule has 22 heavy (non-hydrogen) atoms.